The molecule has 0 aliphatic heterocycles. The average molecular weight is 75.0 g/mol. The molecular formula is AlO3. The van der Waals surface area contributed by atoms with Crippen molar-refractivity contribution in [3.8, 4) is 0 Å². The molecule has 0 N–H and O–H groups in total. The minimum Gasteiger partial charge on any atom is -0.367 e. The lowest BCUT2D eigenvalue weighted by Gasteiger charge is -1.74. The third kappa shape index (κ3) is 2.41. The molecule has 0 aromatic carbocycles. The van der Waals surface area contributed by atoms with Crippen molar-refractivity contribution in [2.75, 3.05) is 0 Å². The van der Waals surface area contributed by atoms with Crippen molar-refractivity contribution in [2.24, 2.45) is 0 Å². The lowest BCUT2D eigenvalue weighted by Crippen LogP contribution is -1.74. The van der Waals surface area contributed by atoms with Crippen LogP contribution in [0.2, 0.25) is 0 Å². The quantitative estimate of drug-likeness (QED) is 0.236. The summed E-state index contributed by atoms with van der Waals surface area (Å²) in [4.78, 5) is 0. The molecular weight excluding hydrogens is 75.0 g/mol. The van der Waals surface area contributed by atoms with E-state index in [1.54, 1.807) is 16.6 Å². The van der Waals surface area contributed by atoms with E-state index in [1.807, 2.05) is 0 Å². The lowest BCUT2D eigenvalue weighted by atomic mass is 14.6. The van der Waals surface area contributed by atoms with Gasteiger partial charge in [0.05, 0.1) is 0 Å². The molecule has 0 amide bonds. The Morgan fingerprint density at radius 3 is 2.00 bits per heavy atom. The summed E-state index contributed by atoms with van der Waals surface area (Å²) < 4.78 is 3.40. The van der Waals surface area contributed by atoms with Gasteiger partial charge < -0.3 is 3.94 Å². The summed E-state index contributed by atoms with van der Waals surface area (Å²) in [7, 11) is 0. The zero-order valence-electron chi connectivity index (χ0n) is 1.80. The lowest BCUT2D eigenvalue weighted by molar-refractivity contribution is -0.481. The second kappa shape index (κ2) is 3.41. The smallest absolute Gasteiger partial charge is 0.367 e. The van der Waals surface area contributed by atoms with E-state index >= 15 is 0 Å². The fourth-order valence-electron chi connectivity index (χ4n) is 0. The van der Waals surface area contributed by atoms with Crippen LogP contribution in [0.3, 0.4) is 0 Å². The average Bonchev–Trinajstić information content (AvgIpc) is 1.37. The Hall–Kier alpha value is 0.412. The van der Waals surface area contributed by atoms with Crippen LogP contribution in [-0.4, -0.2) is 16.6 Å². The van der Waals surface area contributed by atoms with Crippen molar-refractivity contribution in [3.05, 3.63) is 0 Å². The standard InChI is InChI=1S/Al.HO3/c;1-3-2/h;1H/q+1;/p-1. The maximum absolute atomic E-state index is 8.56. The molecule has 3 radical (unpaired) electrons. The van der Waals surface area contributed by atoms with Crippen LogP contribution >= 0.6 is 0 Å². The topological polar surface area (TPSA) is 38.4 Å². The van der Waals surface area contributed by atoms with Crippen LogP contribution in [0, 0.1) is 0 Å². The zero-order valence-corrected chi connectivity index (χ0v) is 2.96. The van der Waals surface area contributed by atoms with Crippen molar-refractivity contribution in [2.45, 2.75) is 0 Å². The molecule has 0 aromatic rings. The molecule has 0 spiro atoms. The van der Waals surface area contributed by atoms with Crippen LogP contribution in [0.25, 0.3) is 0 Å². The summed E-state index contributed by atoms with van der Waals surface area (Å²) in [5.41, 5.74) is 0. The first-order chi connectivity index (χ1) is 1.91. The molecule has 3 nitrogen and oxygen atoms in total. The second-order valence-corrected chi connectivity index (χ2v) is 0.357. The number of hydrogen-bond donors (Lipinski definition) is 0. The molecule has 0 aliphatic rings. The van der Waals surface area contributed by atoms with Crippen LogP contribution in [0.5, 0.6) is 0 Å². The Balaban J connectivity index is 1.97. The molecule has 0 atom stereocenters. The molecule has 0 rings (SSSR count). The second-order valence-electron chi connectivity index (χ2n) is 0.164. The SMILES string of the molecule is [O]O[O][Al]. The van der Waals surface area contributed by atoms with E-state index in [-0.39, 0.29) is 0 Å². The van der Waals surface area contributed by atoms with Crippen LogP contribution in [0.15, 0.2) is 0 Å². The molecule has 21 valence electrons. The van der Waals surface area contributed by atoms with Gasteiger partial charge in [0.1, 0.15) is 0 Å². The predicted octanol–water partition coefficient (Wildman–Crippen LogP) is -0.636. The molecule has 0 bridgehead atoms. The van der Waals surface area contributed by atoms with Crippen LogP contribution in [0.4, 0.5) is 0 Å². The van der Waals surface area contributed by atoms with Crippen molar-refractivity contribution in [1.29, 1.82) is 0 Å². The van der Waals surface area contributed by atoms with Crippen LogP contribution in [-0.2, 0) is 14.2 Å². The molecule has 4 heavy (non-hydrogen) atoms. The van der Waals surface area contributed by atoms with Gasteiger partial charge in [0.2, 0.25) is 0 Å². The Morgan fingerprint density at radius 2 is 2.00 bits per heavy atom. The van der Waals surface area contributed by atoms with Gasteiger partial charge in [0.25, 0.3) is 0 Å². The Labute approximate surface area is 31.8 Å². The fourth-order valence-corrected chi connectivity index (χ4v) is 0. The van der Waals surface area contributed by atoms with E-state index in [1.165, 1.54) is 0 Å². The van der Waals surface area contributed by atoms with Gasteiger partial charge in [-0.15, -0.1) is 0 Å². The van der Waals surface area contributed by atoms with Crippen molar-refractivity contribution in [1.82, 2.24) is 0 Å². The van der Waals surface area contributed by atoms with Gasteiger partial charge in [0, 0.05) is 0 Å². The molecule has 0 heterocycles. The van der Waals surface area contributed by atoms with E-state index in [9.17, 15) is 0 Å². The first-order valence-electron chi connectivity index (χ1n) is 0.569. The van der Waals surface area contributed by atoms with Gasteiger partial charge in [-0.1, -0.05) is 5.04 Å². The summed E-state index contributed by atoms with van der Waals surface area (Å²) >= 11 is 1.62. The third-order valence-corrected chi connectivity index (χ3v) is 0.118. The summed E-state index contributed by atoms with van der Waals surface area (Å²) in [6.45, 7) is 0. The summed E-state index contributed by atoms with van der Waals surface area (Å²) in [6.07, 6.45) is 0. The van der Waals surface area contributed by atoms with Crippen LogP contribution in [0.1, 0.15) is 0 Å². The molecule has 0 aromatic heterocycles. The monoisotopic (exact) mass is 75.0 g/mol. The highest BCUT2D eigenvalue weighted by Crippen LogP contribution is 1.51. The highest BCUT2D eigenvalue weighted by Gasteiger charge is 1.55. The van der Waals surface area contributed by atoms with Crippen LogP contribution < -0.4 is 0 Å². The number of rotatable bonds is 1. The number of hydrogen-bond acceptors (Lipinski definition) is 2. The highest BCUT2D eigenvalue weighted by molar-refractivity contribution is 5.97. The molecule has 0 unspecified atom stereocenters. The van der Waals surface area contributed by atoms with Gasteiger partial charge in [-0.3, -0.25) is 0 Å². The van der Waals surface area contributed by atoms with Gasteiger partial charge in [-0.2, -0.15) is 0 Å². The molecule has 0 saturated heterocycles. The Morgan fingerprint density at radius 1 is 1.75 bits per heavy atom. The van der Waals surface area contributed by atoms with Gasteiger partial charge >= 0.3 is 16.6 Å². The maximum Gasteiger partial charge on any atom is 0.441 e. The van der Waals surface area contributed by atoms with Crippen molar-refractivity contribution >= 4 is 16.6 Å². The Kier molecular flexibility index (Phi) is 3.76. The zero-order chi connectivity index (χ0) is 3.41. The van der Waals surface area contributed by atoms with Gasteiger partial charge in [-0.25, -0.2) is 0 Å². The van der Waals surface area contributed by atoms with E-state index in [0.717, 1.165) is 0 Å². The third-order valence-electron chi connectivity index (χ3n) is 0.0393. The summed E-state index contributed by atoms with van der Waals surface area (Å²) in [5.74, 6) is 0. The van der Waals surface area contributed by atoms with Gasteiger partial charge in [-0.05, 0) is 5.26 Å². The first kappa shape index (κ1) is 4.41. The van der Waals surface area contributed by atoms with Gasteiger partial charge in [0.15, 0.2) is 0 Å². The maximum atomic E-state index is 8.56. The molecule has 0 saturated carbocycles. The molecule has 4 heteroatoms. The van der Waals surface area contributed by atoms with E-state index < -0.39 is 0 Å². The summed E-state index contributed by atoms with van der Waals surface area (Å²) in [6, 6.07) is 0. The first-order valence-corrected chi connectivity index (χ1v) is 1.04. The van der Waals surface area contributed by atoms with Crippen molar-refractivity contribution < 1.29 is 14.2 Å². The van der Waals surface area contributed by atoms with E-state index in [2.05, 4.69) is 8.98 Å². The highest BCUT2D eigenvalue weighted by atomic mass is 27.1. The minimum absolute atomic E-state index is 1.62. The van der Waals surface area contributed by atoms with E-state index in [4.69, 9.17) is 5.26 Å². The predicted molar refractivity (Wildman–Crippen MR) is 8.61 cm³/mol. The summed E-state index contributed by atoms with van der Waals surface area (Å²) in [5, 5.41) is 11.3. The fraction of sp³-hybridized carbons (Fsp3) is 0. The largest absolute Gasteiger partial charge is 0.441 e. The molecule has 0 fully saturated rings. The van der Waals surface area contributed by atoms with E-state index in [0.29, 0.717) is 0 Å². The van der Waals surface area contributed by atoms with Crippen molar-refractivity contribution in [3.63, 3.8) is 0 Å². The minimum atomic E-state index is 1.62. The molecule has 0 aliphatic carbocycles. The normalized spacial score (nSPS) is 7.25. The Bertz CT molecular complexity index is 5.25.